The summed E-state index contributed by atoms with van der Waals surface area (Å²) in [6.45, 7) is 4.82. The molecule has 0 radical (unpaired) electrons. The summed E-state index contributed by atoms with van der Waals surface area (Å²) >= 11 is 1.40. The number of carbonyl (C=O) groups is 2. The van der Waals surface area contributed by atoms with Gasteiger partial charge in [-0.25, -0.2) is 14.5 Å². The van der Waals surface area contributed by atoms with Crippen LogP contribution in [-0.2, 0) is 13.0 Å². The van der Waals surface area contributed by atoms with E-state index >= 15 is 0 Å². The van der Waals surface area contributed by atoms with Crippen molar-refractivity contribution in [1.82, 2.24) is 35.4 Å². The van der Waals surface area contributed by atoms with Gasteiger partial charge in [0.1, 0.15) is 6.33 Å². The molecule has 0 fully saturated rings. The standard InChI is InChI=1S/C18H20N8O2S/c1-11(2)20-17(28)22-18-21-14-6-7-25(9-15(14)29-18)16(27)12-4-3-5-13(8-12)26-10-19-23-24-26/h3-5,8,10-11H,6-7,9H2,1-2H3,(H2,20,21,22,28). The first kappa shape index (κ1) is 19.0. The minimum atomic E-state index is -0.279. The van der Waals surface area contributed by atoms with Crippen molar-refractivity contribution in [2.75, 3.05) is 11.9 Å². The Balaban J connectivity index is 1.46. The molecule has 2 N–H and O–H groups in total. The first-order valence-electron chi connectivity index (χ1n) is 9.18. The number of hydrogen-bond acceptors (Lipinski definition) is 7. The molecule has 1 aliphatic heterocycles. The number of anilines is 1. The number of benzene rings is 1. The summed E-state index contributed by atoms with van der Waals surface area (Å²) in [4.78, 5) is 32.2. The molecule has 0 bridgehead atoms. The topological polar surface area (TPSA) is 118 Å². The zero-order valence-corrected chi connectivity index (χ0v) is 16.8. The van der Waals surface area contributed by atoms with Crippen molar-refractivity contribution in [3.63, 3.8) is 0 Å². The van der Waals surface area contributed by atoms with Gasteiger partial charge >= 0.3 is 6.03 Å². The minimum absolute atomic E-state index is 0.0433. The molecule has 0 unspecified atom stereocenters. The number of fused-ring (bicyclic) bond motifs is 1. The molecule has 2 aromatic heterocycles. The SMILES string of the molecule is CC(C)NC(=O)Nc1nc2c(s1)CN(C(=O)c1cccc(-n3cnnn3)c1)CC2. The van der Waals surface area contributed by atoms with E-state index in [1.807, 2.05) is 26.0 Å². The van der Waals surface area contributed by atoms with Crippen LogP contribution in [0.1, 0.15) is 34.8 Å². The summed E-state index contributed by atoms with van der Waals surface area (Å²) < 4.78 is 1.51. The second-order valence-corrected chi connectivity index (χ2v) is 8.01. The molecule has 0 saturated heterocycles. The Hall–Kier alpha value is -3.34. The lowest BCUT2D eigenvalue weighted by Crippen LogP contribution is -2.35. The summed E-state index contributed by atoms with van der Waals surface area (Å²) in [5, 5.41) is 17.2. The Morgan fingerprint density at radius 3 is 2.90 bits per heavy atom. The molecule has 4 rings (SSSR count). The molecule has 1 aromatic carbocycles. The van der Waals surface area contributed by atoms with E-state index in [-0.39, 0.29) is 18.0 Å². The van der Waals surface area contributed by atoms with Gasteiger partial charge < -0.3 is 10.2 Å². The van der Waals surface area contributed by atoms with Gasteiger partial charge in [-0.2, -0.15) is 0 Å². The van der Waals surface area contributed by atoms with Crippen molar-refractivity contribution in [3.8, 4) is 5.69 Å². The summed E-state index contributed by atoms with van der Waals surface area (Å²) in [7, 11) is 0. The maximum Gasteiger partial charge on any atom is 0.321 e. The van der Waals surface area contributed by atoms with E-state index < -0.39 is 0 Å². The van der Waals surface area contributed by atoms with E-state index in [0.717, 1.165) is 16.3 Å². The Kier molecular flexibility index (Phi) is 5.21. The second kappa shape index (κ2) is 7.95. The van der Waals surface area contributed by atoms with Crippen LogP contribution in [0.4, 0.5) is 9.93 Å². The predicted molar refractivity (Wildman–Crippen MR) is 107 cm³/mol. The average molecular weight is 412 g/mol. The molecule has 3 heterocycles. The number of tetrazole rings is 1. The van der Waals surface area contributed by atoms with Gasteiger partial charge in [0.15, 0.2) is 5.13 Å². The normalized spacial score (nSPS) is 13.3. The fourth-order valence-corrected chi connectivity index (χ4v) is 4.08. The highest BCUT2D eigenvalue weighted by Crippen LogP contribution is 2.29. The Morgan fingerprint density at radius 2 is 2.14 bits per heavy atom. The number of carbonyl (C=O) groups excluding carboxylic acids is 2. The predicted octanol–water partition coefficient (Wildman–Crippen LogP) is 1.85. The second-order valence-electron chi connectivity index (χ2n) is 6.92. The summed E-state index contributed by atoms with van der Waals surface area (Å²) in [6.07, 6.45) is 2.13. The lowest BCUT2D eigenvalue weighted by molar-refractivity contribution is 0.0736. The van der Waals surface area contributed by atoms with E-state index in [9.17, 15) is 9.59 Å². The van der Waals surface area contributed by atoms with Crippen molar-refractivity contribution in [2.24, 2.45) is 0 Å². The quantitative estimate of drug-likeness (QED) is 0.675. The lowest BCUT2D eigenvalue weighted by atomic mass is 10.1. The van der Waals surface area contributed by atoms with Crippen molar-refractivity contribution < 1.29 is 9.59 Å². The number of nitrogens with zero attached hydrogens (tertiary/aromatic N) is 6. The van der Waals surface area contributed by atoms with Crippen LogP contribution in [0, 0.1) is 0 Å². The first-order chi connectivity index (χ1) is 14.0. The molecule has 1 aliphatic rings. The third-order valence-electron chi connectivity index (χ3n) is 4.37. The molecule has 0 aliphatic carbocycles. The highest BCUT2D eigenvalue weighted by Gasteiger charge is 2.25. The van der Waals surface area contributed by atoms with E-state index in [2.05, 4.69) is 31.1 Å². The summed E-state index contributed by atoms with van der Waals surface area (Å²) in [5.74, 6) is -0.0639. The number of amides is 3. The monoisotopic (exact) mass is 412 g/mol. The van der Waals surface area contributed by atoms with Crippen LogP contribution in [0.5, 0.6) is 0 Å². The number of nitrogens with one attached hydrogen (secondary N) is 2. The molecule has 150 valence electrons. The van der Waals surface area contributed by atoms with Gasteiger partial charge in [0.25, 0.3) is 5.91 Å². The third-order valence-corrected chi connectivity index (χ3v) is 5.36. The van der Waals surface area contributed by atoms with E-state index in [1.54, 1.807) is 17.0 Å². The fraction of sp³-hybridized carbons (Fsp3) is 0.333. The molecular formula is C18H20N8O2S. The molecule has 0 atom stereocenters. The Morgan fingerprint density at radius 1 is 1.28 bits per heavy atom. The van der Waals surface area contributed by atoms with Gasteiger partial charge in [0, 0.05) is 29.4 Å². The van der Waals surface area contributed by atoms with Crippen LogP contribution in [0.2, 0.25) is 0 Å². The van der Waals surface area contributed by atoms with Crippen LogP contribution in [0.25, 0.3) is 5.69 Å². The van der Waals surface area contributed by atoms with Gasteiger partial charge in [-0.1, -0.05) is 17.4 Å². The van der Waals surface area contributed by atoms with Crippen molar-refractivity contribution in [1.29, 1.82) is 0 Å². The van der Waals surface area contributed by atoms with Gasteiger partial charge in [-0.15, -0.1) is 5.10 Å². The highest BCUT2D eigenvalue weighted by atomic mass is 32.1. The van der Waals surface area contributed by atoms with Gasteiger partial charge in [0.05, 0.1) is 17.9 Å². The van der Waals surface area contributed by atoms with Gasteiger partial charge in [-0.3, -0.25) is 10.1 Å². The molecular weight excluding hydrogens is 392 g/mol. The van der Waals surface area contributed by atoms with Gasteiger partial charge in [-0.05, 0) is 42.5 Å². The van der Waals surface area contributed by atoms with E-state index in [0.29, 0.717) is 30.2 Å². The van der Waals surface area contributed by atoms with Crippen LogP contribution in [-0.4, -0.2) is 54.6 Å². The van der Waals surface area contributed by atoms with Crippen LogP contribution in [0.3, 0.4) is 0 Å². The summed E-state index contributed by atoms with van der Waals surface area (Å²) in [5.41, 5.74) is 2.22. The molecule has 3 amide bonds. The average Bonchev–Trinajstić information content (AvgIpc) is 3.35. The number of thiazole rings is 1. The third kappa shape index (κ3) is 4.24. The summed E-state index contributed by atoms with van der Waals surface area (Å²) in [6, 6.07) is 6.96. The Bertz CT molecular complexity index is 1030. The zero-order valence-electron chi connectivity index (χ0n) is 16.0. The van der Waals surface area contributed by atoms with Crippen LogP contribution in [0.15, 0.2) is 30.6 Å². The van der Waals surface area contributed by atoms with Crippen molar-refractivity contribution in [3.05, 3.63) is 46.7 Å². The maximum atomic E-state index is 13.0. The molecule has 3 aromatic rings. The highest BCUT2D eigenvalue weighted by molar-refractivity contribution is 7.15. The van der Waals surface area contributed by atoms with Crippen molar-refractivity contribution in [2.45, 2.75) is 32.9 Å². The fourth-order valence-electron chi connectivity index (χ4n) is 3.06. The van der Waals surface area contributed by atoms with E-state index in [4.69, 9.17) is 0 Å². The lowest BCUT2D eigenvalue weighted by Gasteiger charge is -2.26. The van der Waals surface area contributed by atoms with Crippen LogP contribution >= 0.6 is 11.3 Å². The number of aromatic nitrogens is 5. The molecule has 0 saturated carbocycles. The smallest absolute Gasteiger partial charge is 0.321 e. The van der Waals surface area contributed by atoms with Crippen LogP contribution < -0.4 is 10.6 Å². The molecule has 29 heavy (non-hydrogen) atoms. The Labute approximate surface area is 170 Å². The van der Waals surface area contributed by atoms with Gasteiger partial charge in [0.2, 0.25) is 0 Å². The molecule has 0 spiro atoms. The minimum Gasteiger partial charge on any atom is -0.336 e. The molecule has 11 heteroatoms. The number of rotatable bonds is 4. The number of hydrogen-bond donors (Lipinski definition) is 2. The maximum absolute atomic E-state index is 13.0. The molecule has 10 nitrogen and oxygen atoms in total. The zero-order chi connectivity index (χ0) is 20.4. The first-order valence-corrected chi connectivity index (χ1v) is 10.00. The number of urea groups is 1. The largest absolute Gasteiger partial charge is 0.336 e. The van der Waals surface area contributed by atoms with E-state index in [1.165, 1.54) is 22.3 Å². The van der Waals surface area contributed by atoms with Crippen molar-refractivity contribution >= 4 is 28.4 Å².